The van der Waals surface area contributed by atoms with E-state index >= 15 is 0 Å². The van der Waals surface area contributed by atoms with Crippen LogP contribution in [0.25, 0.3) is 0 Å². The first-order chi connectivity index (χ1) is 12.6. The first-order valence-electron chi connectivity index (χ1n) is 8.59. The summed E-state index contributed by atoms with van der Waals surface area (Å²) in [5.41, 5.74) is 0. The number of imide groups is 1. The lowest BCUT2D eigenvalue weighted by Crippen LogP contribution is -2.58. The summed E-state index contributed by atoms with van der Waals surface area (Å²) >= 11 is 0. The second-order valence-corrected chi connectivity index (χ2v) is 6.64. The van der Waals surface area contributed by atoms with Gasteiger partial charge in [0.25, 0.3) is 0 Å². The average molecular weight is 360 g/mol. The highest BCUT2D eigenvalue weighted by atomic mass is 16.5. The molecule has 0 saturated carbocycles. The van der Waals surface area contributed by atoms with Gasteiger partial charge in [0.05, 0.1) is 18.2 Å². The summed E-state index contributed by atoms with van der Waals surface area (Å²) in [7, 11) is 0. The lowest BCUT2D eigenvalue weighted by molar-refractivity contribution is -0.149. The zero-order valence-electron chi connectivity index (χ0n) is 13.9. The number of carbonyl (C=O) groups excluding carboxylic acids is 2. The molecule has 8 nitrogen and oxygen atoms in total. The molecular formula is C18H20N2O6. The maximum Gasteiger partial charge on any atom is 0.241 e. The molecule has 2 fully saturated rings. The highest BCUT2D eigenvalue weighted by Gasteiger charge is 2.53. The minimum Gasteiger partial charge on any atom is -0.489 e. The minimum absolute atomic E-state index is 0.164. The molecule has 4 rings (SSSR count). The second-order valence-electron chi connectivity index (χ2n) is 6.64. The number of hydrogen-bond donors (Lipinski definition) is 3. The molecule has 5 atom stereocenters. The second kappa shape index (κ2) is 6.71. The standard InChI is InChI=1S/C18H20N2O6/c21-14-7-6-12(16(22)19-14)20-17(23)11-4-1-5-13(15(11)18(20)24)26-9-10-3-2-8-25-10/h1-5,8,11-12,14-16,19,21-22H,6-7,9H2. The number of piperidine rings is 1. The van der Waals surface area contributed by atoms with Crippen LogP contribution in [0.4, 0.5) is 0 Å². The summed E-state index contributed by atoms with van der Waals surface area (Å²) in [6.07, 6.45) is 5.28. The maximum absolute atomic E-state index is 13.0. The molecule has 0 aromatic carbocycles. The number of amides is 2. The zero-order chi connectivity index (χ0) is 18.3. The molecule has 3 aliphatic rings. The predicted octanol–water partition coefficient (Wildman–Crippen LogP) is 0.240. The van der Waals surface area contributed by atoms with E-state index in [0.717, 1.165) is 4.90 Å². The number of allylic oxidation sites excluding steroid dienone is 2. The lowest BCUT2D eigenvalue weighted by atomic mass is 9.89. The van der Waals surface area contributed by atoms with Crippen molar-refractivity contribution in [2.45, 2.75) is 37.9 Å². The largest absolute Gasteiger partial charge is 0.489 e. The summed E-state index contributed by atoms with van der Waals surface area (Å²) in [6, 6.07) is 2.80. The third-order valence-electron chi connectivity index (χ3n) is 5.03. The van der Waals surface area contributed by atoms with Gasteiger partial charge in [-0.15, -0.1) is 0 Å². The van der Waals surface area contributed by atoms with Crippen LogP contribution >= 0.6 is 0 Å². The molecule has 2 saturated heterocycles. The highest BCUT2D eigenvalue weighted by molar-refractivity contribution is 6.07. The third-order valence-corrected chi connectivity index (χ3v) is 5.03. The molecule has 0 bridgehead atoms. The molecule has 1 aromatic heterocycles. The number of hydrogen-bond acceptors (Lipinski definition) is 7. The number of aliphatic hydroxyl groups excluding tert-OH is 2. The molecule has 5 unspecified atom stereocenters. The molecule has 3 N–H and O–H groups in total. The van der Waals surface area contributed by atoms with Gasteiger partial charge in [-0.3, -0.25) is 19.8 Å². The Balaban J connectivity index is 1.53. The van der Waals surface area contributed by atoms with Crippen molar-refractivity contribution in [1.82, 2.24) is 10.2 Å². The third kappa shape index (κ3) is 2.86. The van der Waals surface area contributed by atoms with Gasteiger partial charge in [0, 0.05) is 0 Å². The molecule has 138 valence electrons. The van der Waals surface area contributed by atoms with Gasteiger partial charge in [-0.2, -0.15) is 0 Å². The quantitative estimate of drug-likeness (QED) is 0.659. The monoisotopic (exact) mass is 360 g/mol. The summed E-state index contributed by atoms with van der Waals surface area (Å²) in [5.74, 6) is -1.10. The van der Waals surface area contributed by atoms with E-state index in [1.165, 1.54) is 6.26 Å². The molecule has 3 heterocycles. The summed E-state index contributed by atoms with van der Waals surface area (Å²) in [4.78, 5) is 26.9. The maximum atomic E-state index is 13.0. The number of rotatable bonds is 4. The van der Waals surface area contributed by atoms with Crippen LogP contribution < -0.4 is 5.32 Å². The van der Waals surface area contributed by atoms with Gasteiger partial charge >= 0.3 is 0 Å². The zero-order valence-corrected chi connectivity index (χ0v) is 13.9. The van der Waals surface area contributed by atoms with Gasteiger partial charge in [0.15, 0.2) is 0 Å². The topological polar surface area (TPSA) is 112 Å². The Morgan fingerprint density at radius 1 is 1.27 bits per heavy atom. The Labute approximate surface area is 149 Å². The Morgan fingerprint density at radius 2 is 2.12 bits per heavy atom. The number of ether oxygens (including phenoxy) is 1. The van der Waals surface area contributed by atoms with E-state index in [0.29, 0.717) is 24.4 Å². The van der Waals surface area contributed by atoms with Crippen molar-refractivity contribution >= 4 is 11.8 Å². The smallest absolute Gasteiger partial charge is 0.241 e. The van der Waals surface area contributed by atoms with E-state index in [-0.39, 0.29) is 12.5 Å². The number of likely N-dealkylation sites (tertiary alicyclic amines) is 1. The fourth-order valence-electron chi connectivity index (χ4n) is 3.74. The summed E-state index contributed by atoms with van der Waals surface area (Å²) in [6.45, 7) is 0.164. The molecule has 0 spiro atoms. The summed E-state index contributed by atoms with van der Waals surface area (Å²) < 4.78 is 11.0. The van der Waals surface area contributed by atoms with Crippen molar-refractivity contribution in [3.8, 4) is 0 Å². The van der Waals surface area contributed by atoms with Crippen molar-refractivity contribution in [1.29, 1.82) is 0 Å². The normalized spacial score (nSPS) is 34.0. The van der Waals surface area contributed by atoms with Crippen LogP contribution in [0.2, 0.25) is 0 Å². The number of nitrogens with one attached hydrogen (secondary N) is 1. The van der Waals surface area contributed by atoms with Gasteiger partial charge in [0.1, 0.15) is 36.5 Å². The average Bonchev–Trinajstić information content (AvgIpc) is 3.22. The van der Waals surface area contributed by atoms with E-state index in [2.05, 4.69) is 5.32 Å². The molecule has 0 radical (unpaired) electrons. The van der Waals surface area contributed by atoms with E-state index in [9.17, 15) is 19.8 Å². The SMILES string of the molecule is O=C1C2C=CC=C(OCc3ccco3)C2C(=O)N1C1CCC(O)NC1O. The number of nitrogens with zero attached hydrogens (tertiary/aromatic N) is 1. The summed E-state index contributed by atoms with van der Waals surface area (Å²) in [5, 5.41) is 22.3. The van der Waals surface area contributed by atoms with Crippen molar-refractivity contribution in [3.05, 3.63) is 48.1 Å². The van der Waals surface area contributed by atoms with Gasteiger partial charge in [-0.05, 0) is 31.1 Å². The van der Waals surface area contributed by atoms with Crippen molar-refractivity contribution < 1.29 is 29.0 Å². The van der Waals surface area contributed by atoms with E-state index in [1.807, 2.05) is 0 Å². The van der Waals surface area contributed by atoms with Crippen LogP contribution in [0.5, 0.6) is 0 Å². The van der Waals surface area contributed by atoms with Crippen molar-refractivity contribution in [2.75, 3.05) is 0 Å². The lowest BCUT2D eigenvalue weighted by Gasteiger charge is -2.36. The molecule has 8 heteroatoms. The number of aliphatic hydroxyl groups is 2. The van der Waals surface area contributed by atoms with E-state index < -0.39 is 36.2 Å². The number of carbonyl (C=O) groups is 2. The number of furan rings is 1. The van der Waals surface area contributed by atoms with Gasteiger partial charge in [-0.1, -0.05) is 12.2 Å². The minimum atomic E-state index is -1.16. The highest BCUT2D eigenvalue weighted by Crippen LogP contribution is 2.39. The first kappa shape index (κ1) is 17.0. The first-order valence-corrected chi connectivity index (χ1v) is 8.59. The van der Waals surface area contributed by atoms with Crippen molar-refractivity contribution in [3.63, 3.8) is 0 Å². The molecule has 2 amide bonds. The molecule has 2 aliphatic heterocycles. The van der Waals surface area contributed by atoms with Gasteiger partial charge in [-0.25, -0.2) is 0 Å². The van der Waals surface area contributed by atoms with Crippen LogP contribution in [0.15, 0.2) is 46.8 Å². The van der Waals surface area contributed by atoms with Crippen LogP contribution in [0.1, 0.15) is 18.6 Å². The van der Waals surface area contributed by atoms with Gasteiger partial charge < -0.3 is 19.4 Å². The van der Waals surface area contributed by atoms with Gasteiger partial charge in [0.2, 0.25) is 11.8 Å². The Bertz CT molecular complexity index is 756. The van der Waals surface area contributed by atoms with Crippen LogP contribution in [0.3, 0.4) is 0 Å². The van der Waals surface area contributed by atoms with Crippen LogP contribution in [-0.4, -0.2) is 45.4 Å². The van der Waals surface area contributed by atoms with Crippen molar-refractivity contribution in [2.24, 2.45) is 11.8 Å². The molecular weight excluding hydrogens is 340 g/mol. The molecule has 1 aromatic rings. The molecule has 1 aliphatic carbocycles. The predicted molar refractivity (Wildman–Crippen MR) is 87.7 cm³/mol. The number of fused-ring (bicyclic) bond motifs is 1. The van der Waals surface area contributed by atoms with E-state index in [4.69, 9.17) is 9.15 Å². The Kier molecular flexibility index (Phi) is 4.39. The van der Waals surface area contributed by atoms with Crippen LogP contribution in [0, 0.1) is 11.8 Å². The Morgan fingerprint density at radius 3 is 2.85 bits per heavy atom. The van der Waals surface area contributed by atoms with E-state index in [1.54, 1.807) is 30.4 Å². The van der Waals surface area contributed by atoms with Crippen LogP contribution in [-0.2, 0) is 20.9 Å². The molecule has 26 heavy (non-hydrogen) atoms. The fourth-order valence-corrected chi connectivity index (χ4v) is 3.74. The fraction of sp³-hybridized carbons (Fsp3) is 0.444. The Hall–Kier alpha value is -2.42.